The van der Waals surface area contributed by atoms with Crippen molar-refractivity contribution < 1.29 is 14.3 Å². The molecule has 0 unspecified atom stereocenters. The van der Waals surface area contributed by atoms with Crippen LogP contribution in [0.3, 0.4) is 0 Å². The molecule has 0 heterocycles. The van der Waals surface area contributed by atoms with E-state index in [0.717, 1.165) is 6.42 Å². The molecule has 0 spiro atoms. The van der Waals surface area contributed by atoms with Crippen molar-refractivity contribution >= 4 is 17.4 Å². The first-order valence-corrected chi connectivity index (χ1v) is 8.11. The van der Waals surface area contributed by atoms with Crippen molar-refractivity contribution in [2.24, 2.45) is 5.92 Å². The molecule has 0 fully saturated rings. The van der Waals surface area contributed by atoms with Gasteiger partial charge in [0.2, 0.25) is 0 Å². The van der Waals surface area contributed by atoms with E-state index in [0.29, 0.717) is 35.1 Å². The summed E-state index contributed by atoms with van der Waals surface area (Å²) in [6, 6.07) is 14.0. The summed E-state index contributed by atoms with van der Waals surface area (Å²) in [5.74, 6) is 0.988. The molecular weight excluding hydrogens is 302 g/mol. The van der Waals surface area contributed by atoms with Crippen molar-refractivity contribution in [2.75, 3.05) is 11.9 Å². The number of rotatable bonds is 7. The molecular formula is C20H23NO3. The fourth-order valence-corrected chi connectivity index (χ4v) is 2.16. The Kier molecular flexibility index (Phi) is 6.13. The highest BCUT2D eigenvalue weighted by atomic mass is 16.5. The summed E-state index contributed by atoms with van der Waals surface area (Å²) in [7, 11) is 0. The SMILES string of the molecule is CC(=O)c1cccc(NC(=O)c2cccc(OCCC(C)C)c2)c1. The highest BCUT2D eigenvalue weighted by Gasteiger charge is 2.09. The second-order valence-corrected chi connectivity index (χ2v) is 6.15. The van der Waals surface area contributed by atoms with E-state index >= 15 is 0 Å². The van der Waals surface area contributed by atoms with Crippen LogP contribution in [0.2, 0.25) is 0 Å². The minimum atomic E-state index is -0.231. The van der Waals surface area contributed by atoms with Gasteiger partial charge in [0.05, 0.1) is 6.61 Å². The van der Waals surface area contributed by atoms with Crippen LogP contribution in [0.1, 0.15) is 47.9 Å². The Morgan fingerprint density at radius 2 is 1.75 bits per heavy atom. The number of hydrogen-bond donors (Lipinski definition) is 1. The highest BCUT2D eigenvalue weighted by Crippen LogP contribution is 2.17. The minimum Gasteiger partial charge on any atom is -0.494 e. The quantitative estimate of drug-likeness (QED) is 0.759. The first kappa shape index (κ1) is 17.7. The monoisotopic (exact) mass is 325 g/mol. The van der Waals surface area contributed by atoms with Crippen LogP contribution in [0.5, 0.6) is 5.75 Å². The van der Waals surface area contributed by atoms with E-state index in [-0.39, 0.29) is 11.7 Å². The standard InChI is InChI=1S/C20H23NO3/c1-14(2)10-11-24-19-9-5-7-17(13-19)20(23)21-18-8-4-6-16(12-18)15(3)22/h4-9,12-14H,10-11H2,1-3H3,(H,21,23). The van der Waals surface area contributed by atoms with Crippen LogP contribution in [0.25, 0.3) is 0 Å². The molecule has 0 aliphatic carbocycles. The van der Waals surface area contributed by atoms with Crippen LogP contribution in [0, 0.1) is 5.92 Å². The van der Waals surface area contributed by atoms with Gasteiger partial charge in [-0.15, -0.1) is 0 Å². The topological polar surface area (TPSA) is 55.4 Å². The van der Waals surface area contributed by atoms with Gasteiger partial charge in [0, 0.05) is 16.8 Å². The maximum absolute atomic E-state index is 12.4. The van der Waals surface area contributed by atoms with Gasteiger partial charge in [0.25, 0.3) is 5.91 Å². The zero-order valence-electron chi connectivity index (χ0n) is 14.3. The van der Waals surface area contributed by atoms with Gasteiger partial charge in [0.1, 0.15) is 5.75 Å². The molecule has 0 atom stereocenters. The number of carbonyl (C=O) groups excluding carboxylic acids is 2. The van der Waals surface area contributed by atoms with E-state index in [4.69, 9.17) is 4.74 Å². The van der Waals surface area contributed by atoms with E-state index < -0.39 is 0 Å². The lowest BCUT2D eigenvalue weighted by atomic mass is 10.1. The maximum atomic E-state index is 12.4. The largest absolute Gasteiger partial charge is 0.494 e. The van der Waals surface area contributed by atoms with Crippen LogP contribution in [-0.2, 0) is 0 Å². The first-order chi connectivity index (χ1) is 11.5. The molecule has 1 N–H and O–H groups in total. The zero-order chi connectivity index (χ0) is 17.5. The summed E-state index contributed by atoms with van der Waals surface area (Å²) in [6.07, 6.45) is 0.967. The molecule has 0 aliphatic rings. The van der Waals surface area contributed by atoms with E-state index in [1.165, 1.54) is 6.92 Å². The van der Waals surface area contributed by atoms with Crippen molar-refractivity contribution in [3.63, 3.8) is 0 Å². The molecule has 2 aromatic carbocycles. The van der Waals surface area contributed by atoms with Gasteiger partial charge in [-0.3, -0.25) is 9.59 Å². The summed E-state index contributed by atoms with van der Waals surface area (Å²) in [4.78, 5) is 23.8. The van der Waals surface area contributed by atoms with Crippen molar-refractivity contribution in [3.8, 4) is 5.75 Å². The van der Waals surface area contributed by atoms with Crippen molar-refractivity contribution in [1.29, 1.82) is 0 Å². The second kappa shape index (κ2) is 8.29. The Morgan fingerprint density at radius 1 is 1.04 bits per heavy atom. The summed E-state index contributed by atoms with van der Waals surface area (Å²) in [5, 5.41) is 2.81. The molecule has 0 saturated carbocycles. The van der Waals surface area contributed by atoms with Crippen molar-refractivity contribution in [3.05, 3.63) is 59.7 Å². The Balaban J connectivity index is 2.04. The maximum Gasteiger partial charge on any atom is 0.255 e. The van der Waals surface area contributed by atoms with Gasteiger partial charge in [0.15, 0.2) is 5.78 Å². The number of nitrogens with one attached hydrogen (secondary N) is 1. The summed E-state index contributed by atoms with van der Waals surface area (Å²) >= 11 is 0. The molecule has 1 amide bonds. The average molecular weight is 325 g/mol. The molecule has 0 bridgehead atoms. The number of ether oxygens (including phenoxy) is 1. The van der Waals surface area contributed by atoms with Gasteiger partial charge in [-0.1, -0.05) is 32.0 Å². The van der Waals surface area contributed by atoms with Gasteiger partial charge < -0.3 is 10.1 Å². The molecule has 2 rings (SSSR count). The van der Waals surface area contributed by atoms with Crippen LogP contribution < -0.4 is 10.1 Å². The molecule has 2 aromatic rings. The Hall–Kier alpha value is -2.62. The molecule has 0 saturated heterocycles. The van der Waals surface area contributed by atoms with Crippen LogP contribution in [0.4, 0.5) is 5.69 Å². The lowest BCUT2D eigenvalue weighted by molar-refractivity contribution is 0.101. The van der Waals surface area contributed by atoms with E-state index in [1.807, 2.05) is 6.07 Å². The Labute approximate surface area is 142 Å². The molecule has 4 nitrogen and oxygen atoms in total. The minimum absolute atomic E-state index is 0.0355. The molecule has 0 aromatic heterocycles. The van der Waals surface area contributed by atoms with E-state index in [9.17, 15) is 9.59 Å². The van der Waals surface area contributed by atoms with E-state index in [2.05, 4.69) is 19.2 Å². The number of ketones is 1. The smallest absolute Gasteiger partial charge is 0.255 e. The third-order valence-corrected chi connectivity index (χ3v) is 3.59. The number of hydrogen-bond acceptors (Lipinski definition) is 3. The molecule has 0 radical (unpaired) electrons. The van der Waals surface area contributed by atoms with Gasteiger partial charge in [-0.05, 0) is 49.6 Å². The first-order valence-electron chi connectivity index (χ1n) is 8.11. The van der Waals surface area contributed by atoms with Crippen LogP contribution >= 0.6 is 0 Å². The third-order valence-electron chi connectivity index (χ3n) is 3.59. The van der Waals surface area contributed by atoms with E-state index in [1.54, 1.807) is 42.5 Å². The molecule has 0 aliphatic heterocycles. The fourth-order valence-electron chi connectivity index (χ4n) is 2.16. The number of amides is 1. The summed E-state index contributed by atoms with van der Waals surface area (Å²) in [6.45, 7) is 6.41. The van der Waals surface area contributed by atoms with Gasteiger partial charge in [-0.2, -0.15) is 0 Å². The lowest BCUT2D eigenvalue weighted by Gasteiger charge is -2.10. The number of benzene rings is 2. The normalized spacial score (nSPS) is 10.5. The Bertz CT molecular complexity index is 722. The lowest BCUT2D eigenvalue weighted by Crippen LogP contribution is -2.12. The van der Waals surface area contributed by atoms with Gasteiger partial charge >= 0.3 is 0 Å². The summed E-state index contributed by atoms with van der Waals surface area (Å²) < 4.78 is 5.68. The van der Waals surface area contributed by atoms with Crippen LogP contribution in [-0.4, -0.2) is 18.3 Å². The van der Waals surface area contributed by atoms with Crippen LogP contribution in [0.15, 0.2) is 48.5 Å². The second-order valence-electron chi connectivity index (χ2n) is 6.15. The van der Waals surface area contributed by atoms with Crippen molar-refractivity contribution in [1.82, 2.24) is 0 Å². The third kappa shape index (κ3) is 5.23. The summed E-state index contributed by atoms with van der Waals surface area (Å²) in [5.41, 5.74) is 1.68. The molecule has 126 valence electrons. The predicted octanol–water partition coefficient (Wildman–Crippen LogP) is 4.57. The fraction of sp³-hybridized carbons (Fsp3) is 0.300. The highest BCUT2D eigenvalue weighted by molar-refractivity contribution is 6.05. The Morgan fingerprint density at radius 3 is 2.46 bits per heavy atom. The average Bonchev–Trinajstić information content (AvgIpc) is 2.55. The number of anilines is 1. The van der Waals surface area contributed by atoms with Crippen molar-refractivity contribution in [2.45, 2.75) is 27.2 Å². The molecule has 4 heteroatoms. The number of Topliss-reactive ketones (excluding diaryl/α,β-unsaturated/α-hetero) is 1. The molecule has 24 heavy (non-hydrogen) atoms. The zero-order valence-corrected chi connectivity index (χ0v) is 14.3. The predicted molar refractivity (Wildman–Crippen MR) is 95.8 cm³/mol. The number of carbonyl (C=O) groups is 2. The van der Waals surface area contributed by atoms with Gasteiger partial charge in [-0.25, -0.2) is 0 Å².